The summed E-state index contributed by atoms with van der Waals surface area (Å²) in [6.45, 7) is 4.40. The summed E-state index contributed by atoms with van der Waals surface area (Å²) in [7, 11) is -1.83. The van der Waals surface area contributed by atoms with E-state index in [-0.39, 0.29) is 16.8 Å². The van der Waals surface area contributed by atoms with Gasteiger partial charge in [0.1, 0.15) is 0 Å². The summed E-state index contributed by atoms with van der Waals surface area (Å²) in [4.78, 5) is 17.5. The quantitative estimate of drug-likeness (QED) is 0.711. The largest absolute Gasteiger partial charge is 0.371 e. The molecule has 1 aliphatic heterocycles. The van der Waals surface area contributed by atoms with E-state index in [0.717, 1.165) is 37.1 Å². The Morgan fingerprint density at radius 2 is 1.81 bits per heavy atom. The fourth-order valence-electron chi connectivity index (χ4n) is 4.11. The second-order valence-electron chi connectivity index (χ2n) is 8.71. The van der Waals surface area contributed by atoms with Crippen molar-refractivity contribution >= 4 is 21.6 Å². The van der Waals surface area contributed by atoms with Gasteiger partial charge in [0.2, 0.25) is 10.0 Å². The number of hydrogen-bond donors (Lipinski definition) is 1. The number of carbonyl (C=O) groups is 1. The maximum absolute atomic E-state index is 13.3. The average Bonchev–Trinajstić information content (AvgIpc) is 3.57. The van der Waals surface area contributed by atoms with Crippen molar-refractivity contribution in [3.8, 4) is 0 Å². The molecule has 0 unspecified atom stereocenters. The van der Waals surface area contributed by atoms with E-state index in [1.807, 2.05) is 19.1 Å². The number of benzene rings is 2. The lowest BCUT2D eigenvalue weighted by Gasteiger charge is -2.31. The number of amides is 1. The molecule has 2 aromatic rings. The third-order valence-electron chi connectivity index (χ3n) is 6.09. The van der Waals surface area contributed by atoms with Gasteiger partial charge in [-0.2, -0.15) is 0 Å². The number of piperidine rings is 1. The maximum Gasteiger partial charge on any atom is 0.254 e. The molecule has 1 aliphatic carbocycles. The number of rotatable bonds is 7. The van der Waals surface area contributed by atoms with Crippen LogP contribution in [0.4, 0.5) is 5.69 Å². The molecule has 1 saturated carbocycles. The van der Waals surface area contributed by atoms with Gasteiger partial charge < -0.3 is 9.80 Å². The molecule has 2 aliphatic rings. The lowest BCUT2D eigenvalue weighted by molar-refractivity contribution is 0.0784. The van der Waals surface area contributed by atoms with Crippen molar-refractivity contribution < 1.29 is 13.2 Å². The molecular formula is C24H31N3O3S. The molecule has 7 heteroatoms. The standard InChI is InChI=1S/C24H31N3O3S/c1-18-10-13-21(31(29,30)25-20-11-12-20)16-22(18)24(28)26(2)17-19-8-4-5-9-23(19)27-14-6-3-7-15-27/h4-5,8-10,13,16,20,25H,3,6-7,11-12,14-15,17H2,1-2H3. The van der Waals surface area contributed by atoms with E-state index in [1.165, 1.54) is 31.0 Å². The summed E-state index contributed by atoms with van der Waals surface area (Å²) in [5.74, 6) is -0.172. The van der Waals surface area contributed by atoms with Gasteiger partial charge >= 0.3 is 0 Å². The zero-order chi connectivity index (χ0) is 22.0. The third kappa shape index (κ3) is 5.10. The summed E-state index contributed by atoms with van der Waals surface area (Å²) < 4.78 is 27.9. The van der Waals surface area contributed by atoms with Crippen molar-refractivity contribution in [2.24, 2.45) is 0 Å². The first-order valence-corrected chi connectivity index (χ1v) is 12.5. The zero-order valence-electron chi connectivity index (χ0n) is 18.3. The fourth-order valence-corrected chi connectivity index (χ4v) is 5.44. The Morgan fingerprint density at radius 3 is 2.52 bits per heavy atom. The zero-order valence-corrected chi connectivity index (χ0v) is 19.1. The van der Waals surface area contributed by atoms with Crippen LogP contribution in [0.25, 0.3) is 0 Å². The van der Waals surface area contributed by atoms with Crippen LogP contribution in [0.5, 0.6) is 0 Å². The molecule has 2 aromatic carbocycles. The van der Waals surface area contributed by atoms with Gasteiger partial charge in [-0.1, -0.05) is 24.3 Å². The highest BCUT2D eigenvalue weighted by molar-refractivity contribution is 7.89. The number of anilines is 1. The minimum absolute atomic E-state index is 0.0272. The first kappa shape index (κ1) is 21.8. The molecule has 4 rings (SSSR count). The Balaban J connectivity index is 1.54. The number of nitrogens with zero attached hydrogens (tertiary/aromatic N) is 2. The van der Waals surface area contributed by atoms with Crippen LogP contribution < -0.4 is 9.62 Å². The lowest BCUT2D eigenvalue weighted by atomic mass is 10.1. The van der Waals surface area contributed by atoms with Gasteiger partial charge in [0.25, 0.3) is 5.91 Å². The van der Waals surface area contributed by atoms with E-state index in [9.17, 15) is 13.2 Å². The van der Waals surface area contributed by atoms with E-state index in [1.54, 1.807) is 24.1 Å². The molecule has 6 nitrogen and oxygen atoms in total. The molecule has 1 N–H and O–H groups in total. The highest BCUT2D eigenvalue weighted by Crippen LogP contribution is 2.27. The number of para-hydroxylation sites is 1. The molecular weight excluding hydrogens is 410 g/mol. The highest BCUT2D eigenvalue weighted by Gasteiger charge is 2.29. The van der Waals surface area contributed by atoms with Crippen LogP contribution in [-0.2, 0) is 16.6 Å². The van der Waals surface area contributed by atoms with Gasteiger partial charge in [0, 0.05) is 44.0 Å². The van der Waals surface area contributed by atoms with Crippen LogP contribution in [0.3, 0.4) is 0 Å². The third-order valence-corrected chi connectivity index (χ3v) is 7.61. The van der Waals surface area contributed by atoms with Crippen LogP contribution in [0, 0.1) is 6.92 Å². The molecule has 0 bridgehead atoms. The molecule has 31 heavy (non-hydrogen) atoms. The Morgan fingerprint density at radius 1 is 1.10 bits per heavy atom. The first-order valence-electron chi connectivity index (χ1n) is 11.1. The molecule has 0 aromatic heterocycles. The predicted molar refractivity (Wildman–Crippen MR) is 123 cm³/mol. The van der Waals surface area contributed by atoms with Crippen molar-refractivity contribution in [2.75, 3.05) is 25.0 Å². The van der Waals surface area contributed by atoms with E-state index in [2.05, 4.69) is 21.8 Å². The molecule has 0 spiro atoms. The predicted octanol–water partition coefficient (Wildman–Crippen LogP) is 3.70. The monoisotopic (exact) mass is 441 g/mol. The van der Waals surface area contributed by atoms with Crippen molar-refractivity contribution in [1.29, 1.82) is 0 Å². The highest BCUT2D eigenvalue weighted by atomic mass is 32.2. The van der Waals surface area contributed by atoms with Crippen LogP contribution >= 0.6 is 0 Å². The second-order valence-corrected chi connectivity index (χ2v) is 10.4. The minimum atomic E-state index is -3.60. The van der Waals surface area contributed by atoms with Gasteiger partial charge in [0.15, 0.2) is 0 Å². The fraction of sp³-hybridized carbons (Fsp3) is 0.458. The molecule has 2 fully saturated rings. The number of nitrogens with one attached hydrogen (secondary N) is 1. The first-order chi connectivity index (χ1) is 14.8. The van der Waals surface area contributed by atoms with E-state index < -0.39 is 10.0 Å². The maximum atomic E-state index is 13.3. The number of sulfonamides is 1. The average molecular weight is 442 g/mol. The topological polar surface area (TPSA) is 69.7 Å². The molecule has 1 heterocycles. The van der Waals surface area contributed by atoms with Gasteiger partial charge in [0.05, 0.1) is 4.90 Å². The molecule has 1 saturated heterocycles. The summed E-state index contributed by atoms with van der Waals surface area (Å²) in [6, 6.07) is 13.1. The van der Waals surface area contributed by atoms with Gasteiger partial charge in [-0.3, -0.25) is 4.79 Å². The molecule has 1 amide bonds. The number of hydrogen-bond acceptors (Lipinski definition) is 4. The van der Waals surface area contributed by atoms with Crippen LogP contribution in [-0.4, -0.2) is 45.4 Å². The Labute approximate surface area is 185 Å². The summed E-state index contributed by atoms with van der Waals surface area (Å²) >= 11 is 0. The van der Waals surface area contributed by atoms with Gasteiger partial charge in [-0.15, -0.1) is 0 Å². The van der Waals surface area contributed by atoms with Gasteiger partial charge in [-0.05, 0) is 68.4 Å². The molecule has 0 atom stereocenters. The van der Waals surface area contributed by atoms with Crippen molar-refractivity contribution in [1.82, 2.24) is 9.62 Å². The van der Waals surface area contributed by atoms with Crippen molar-refractivity contribution in [3.05, 3.63) is 59.2 Å². The SMILES string of the molecule is Cc1ccc(S(=O)(=O)NC2CC2)cc1C(=O)N(C)Cc1ccccc1N1CCCCC1. The Kier molecular flexibility index (Phi) is 6.34. The van der Waals surface area contributed by atoms with E-state index in [0.29, 0.717) is 12.1 Å². The smallest absolute Gasteiger partial charge is 0.254 e. The van der Waals surface area contributed by atoms with E-state index >= 15 is 0 Å². The summed E-state index contributed by atoms with van der Waals surface area (Å²) in [5, 5.41) is 0. The van der Waals surface area contributed by atoms with Crippen LogP contribution in [0.1, 0.15) is 53.6 Å². The number of aryl methyl sites for hydroxylation is 1. The molecule has 0 radical (unpaired) electrons. The second kappa shape index (κ2) is 9.01. The summed E-state index contributed by atoms with van der Waals surface area (Å²) in [5.41, 5.74) is 3.49. The number of carbonyl (C=O) groups excluding carboxylic acids is 1. The van der Waals surface area contributed by atoms with Gasteiger partial charge in [-0.25, -0.2) is 13.1 Å². The minimum Gasteiger partial charge on any atom is -0.371 e. The van der Waals surface area contributed by atoms with Crippen LogP contribution in [0.2, 0.25) is 0 Å². The van der Waals surface area contributed by atoms with Crippen molar-refractivity contribution in [3.63, 3.8) is 0 Å². The Bertz CT molecular complexity index is 1060. The molecule has 166 valence electrons. The van der Waals surface area contributed by atoms with Crippen LogP contribution in [0.15, 0.2) is 47.4 Å². The van der Waals surface area contributed by atoms with Crippen molar-refractivity contribution in [2.45, 2.75) is 56.5 Å². The normalized spacial score (nSPS) is 16.9. The Hall–Kier alpha value is -2.38. The lowest BCUT2D eigenvalue weighted by Crippen LogP contribution is -2.32. The van der Waals surface area contributed by atoms with E-state index in [4.69, 9.17) is 0 Å². The summed E-state index contributed by atoms with van der Waals surface area (Å²) in [6.07, 6.45) is 5.40.